The molecule has 0 spiro atoms. The molecule has 1 aromatic rings. The molecule has 0 bridgehead atoms. The minimum absolute atomic E-state index is 0.231. The first-order valence-corrected chi connectivity index (χ1v) is 5.95. The monoisotopic (exact) mass is 263 g/mol. The third-order valence-electron chi connectivity index (χ3n) is 2.95. The van der Waals surface area contributed by atoms with Crippen molar-refractivity contribution in [3.05, 3.63) is 18.0 Å². The first kappa shape index (κ1) is 15.0. The van der Waals surface area contributed by atoms with Gasteiger partial charge in [0.1, 0.15) is 0 Å². The molecular formula is C12H20F3N3. The van der Waals surface area contributed by atoms with E-state index < -0.39 is 11.9 Å². The van der Waals surface area contributed by atoms with Gasteiger partial charge in [0.2, 0.25) is 0 Å². The Labute approximate surface area is 105 Å². The molecule has 0 saturated carbocycles. The fourth-order valence-corrected chi connectivity index (χ4v) is 2.10. The molecule has 0 amide bonds. The maximum absolute atomic E-state index is 12.5. The summed E-state index contributed by atoms with van der Waals surface area (Å²) in [5.41, 5.74) is 4.88. The lowest BCUT2D eigenvalue weighted by Crippen LogP contribution is -2.40. The molecule has 104 valence electrons. The van der Waals surface area contributed by atoms with E-state index in [4.69, 9.17) is 5.73 Å². The summed E-state index contributed by atoms with van der Waals surface area (Å²) in [6.45, 7) is 7.75. The van der Waals surface area contributed by atoms with Crippen LogP contribution in [0.15, 0.2) is 12.3 Å². The van der Waals surface area contributed by atoms with E-state index in [9.17, 15) is 13.2 Å². The van der Waals surface area contributed by atoms with Crippen molar-refractivity contribution in [1.29, 1.82) is 0 Å². The number of hydrogen-bond donors (Lipinski definition) is 1. The summed E-state index contributed by atoms with van der Waals surface area (Å²) in [7, 11) is 0. The first-order valence-electron chi connectivity index (χ1n) is 5.95. The van der Waals surface area contributed by atoms with Gasteiger partial charge in [-0.25, -0.2) is 0 Å². The van der Waals surface area contributed by atoms with Gasteiger partial charge in [-0.1, -0.05) is 27.7 Å². The van der Waals surface area contributed by atoms with Crippen molar-refractivity contribution < 1.29 is 13.2 Å². The molecule has 0 aliphatic carbocycles. The Balaban J connectivity index is 3.12. The smallest absolute Gasteiger partial charge is 0.326 e. The standard InChI is InChI=1S/C12H20F3N3/c1-5-8(16)10(11(2,3)4)18-7-6-9(17-18)12(13,14)15/h6-8,10H,5,16H2,1-4H3. The summed E-state index contributed by atoms with van der Waals surface area (Å²) in [5.74, 6) is 0. The molecule has 1 heterocycles. The Morgan fingerprint density at radius 2 is 1.89 bits per heavy atom. The summed E-state index contributed by atoms with van der Waals surface area (Å²) >= 11 is 0. The molecule has 3 nitrogen and oxygen atoms in total. The average Bonchev–Trinajstić information content (AvgIpc) is 2.63. The number of halogens is 3. The molecule has 2 unspecified atom stereocenters. The van der Waals surface area contributed by atoms with Gasteiger partial charge in [-0.05, 0) is 17.9 Å². The fraction of sp³-hybridized carbons (Fsp3) is 0.750. The lowest BCUT2D eigenvalue weighted by Gasteiger charge is -2.35. The molecule has 0 saturated heterocycles. The largest absolute Gasteiger partial charge is 0.435 e. The highest BCUT2D eigenvalue weighted by atomic mass is 19.4. The van der Waals surface area contributed by atoms with Crippen LogP contribution in [0.25, 0.3) is 0 Å². The zero-order chi connectivity index (χ0) is 14.1. The highest BCUT2D eigenvalue weighted by molar-refractivity contribution is 5.05. The average molecular weight is 263 g/mol. The molecule has 2 atom stereocenters. The van der Waals surface area contributed by atoms with Crippen LogP contribution in [-0.4, -0.2) is 15.8 Å². The van der Waals surface area contributed by atoms with Crippen LogP contribution in [0.1, 0.15) is 45.9 Å². The molecular weight excluding hydrogens is 243 g/mol. The molecule has 0 aromatic carbocycles. The predicted molar refractivity (Wildman–Crippen MR) is 64.0 cm³/mol. The summed E-state index contributed by atoms with van der Waals surface area (Å²) in [4.78, 5) is 0. The number of rotatable bonds is 3. The third-order valence-corrected chi connectivity index (χ3v) is 2.95. The SMILES string of the molecule is CCC(N)C(n1ccc(C(F)(F)F)n1)C(C)(C)C. The van der Waals surface area contributed by atoms with Gasteiger partial charge in [0, 0.05) is 12.2 Å². The van der Waals surface area contributed by atoms with Gasteiger partial charge >= 0.3 is 6.18 Å². The van der Waals surface area contributed by atoms with Gasteiger partial charge in [-0.3, -0.25) is 4.68 Å². The molecule has 0 fully saturated rings. The molecule has 18 heavy (non-hydrogen) atoms. The number of hydrogen-bond acceptors (Lipinski definition) is 2. The van der Waals surface area contributed by atoms with Crippen molar-refractivity contribution in [2.75, 3.05) is 0 Å². The topological polar surface area (TPSA) is 43.8 Å². The minimum Gasteiger partial charge on any atom is -0.326 e. The molecule has 6 heteroatoms. The lowest BCUT2D eigenvalue weighted by atomic mass is 9.82. The van der Waals surface area contributed by atoms with Gasteiger partial charge in [-0.15, -0.1) is 0 Å². The van der Waals surface area contributed by atoms with Crippen molar-refractivity contribution in [2.24, 2.45) is 11.1 Å². The van der Waals surface area contributed by atoms with E-state index in [0.717, 1.165) is 6.07 Å². The van der Waals surface area contributed by atoms with Crippen LogP contribution >= 0.6 is 0 Å². The number of nitrogens with two attached hydrogens (primary N) is 1. The van der Waals surface area contributed by atoms with Gasteiger partial charge in [-0.2, -0.15) is 18.3 Å². The zero-order valence-corrected chi connectivity index (χ0v) is 11.1. The molecule has 0 aliphatic rings. The van der Waals surface area contributed by atoms with Crippen LogP contribution in [-0.2, 0) is 6.18 Å². The van der Waals surface area contributed by atoms with E-state index in [1.165, 1.54) is 10.9 Å². The van der Waals surface area contributed by atoms with Crippen molar-refractivity contribution in [3.8, 4) is 0 Å². The second kappa shape index (κ2) is 4.91. The van der Waals surface area contributed by atoms with Gasteiger partial charge in [0.15, 0.2) is 5.69 Å². The van der Waals surface area contributed by atoms with Gasteiger partial charge in [0.05, 0.1) is 6.04 Å². The van der Waals surface area contributed by atoms with Gasteiger partial charge < -0.3 is 5.73 Å². The summed E-state index contributed by atoms with van der Waals surface area (Å²) in [6.07, 6.45) is -2.37. The quantitative estimate of drug-likeness (QED) is 0.909. The van der Waals surface area contributed by atoms with Crippen LogP contribution in [0, 0.1) is 5.41 Å². The van der Waals surface area contributed by atoms with E-state index in [2.05, 4.69) is 5.10 Å². The molecule has 1 aromatic heterocycles. The Kier molecular flexibility index (Phi) is 4.10. The van der Waals surface area contributed by atoms with Gasteiger partial charge in [0.25, 0.3) is 0 Å². The second-order valence-corrected chi connectivity index (χ2v) is 5.56. The highest BCUT2D eigenvalue weighted by Crippen LogP contribution is 2.35. The predicted octanol–water partition coefficient (Wildman–Crippen LogP) is 3.23. The minimum atomic E-state index is -4.41. The van der Waals surface area contributed by atoms with Crippen molar-refractivity contribution >= 4 is 0 Å². The van der Waals surface area contributed by atoms with Crippen LogP contribution in [0.2, 0.25) is 0 Å². The maximum Gasteiger partial charge on any atom is 0.435 e. The molecule has 1 rings (SSSR count). The molecule has 2 N–H and O–H groups in total. The van der Waals surface area contributed by atoms with E-state index in [0.29, 0.717) is 6.42 Å². The molecule has 0 radical (unpaired) electrons. The molecule has 0 aliphatic heterocycles. The van der Waals surface area contributed by atoms with Crippen LogP contribution in [0.3, 0.4) is 0 Å². The number of alkyl halides is 3. The summed E-state index contributed by atoms with van der Waals surface area (Å²) in [5, 5.41) is 3.63. The Morgan fingerprint density at radius 1 is 1.33 bits per heavy atom. The Hall–Kier alpha value is -1.04. The van der Waals surface area contributed by atoms with Crippen LogP contribution in [0.4, 0.5) is 13.2 Å². The lowest BCUT2D eigenvalue weighted by molar-refractivity contribution is -0.141. The van der Waals surface area contributed by atoms with Crippen LogP contribution in [0.5, 0.6) is 0 Å². The second-order valence-electron chi connectivity index (χ2n) is 5.56. The number of aromatic nitrogens is 2. The Bertz CT molecular complexity index is 390. The van der Waals surface area contributed by atoms with E-state index in [-0.39, 0.29) is 17.5 Å². The highest BCUT2D eigenvalue weighted by Gasteiger charge is 2.37. The summed E-state index contributed by atoms with van der Waals surface area (Å²) < 4.78 is 39.0. The fourth-order valence-electron chi connectivity index (χ4n) is 2.10. The van der Waals surface area contributed by atoms with Crippen molar-refractivity contribution in [1.82, 2.24) is 9.78 Å². The Morgan fingerprint density at radius 3 is 2.22 bits per heavy atom. The van der Waals surface area contributed by atoms with E-state index in [1.54, 1.807) is 0 Å². The maximum atomic E-state index is 12.5. The van der Waals surface area contributed by atoms with Crippen molar-refractivity contribution in [3.63, 3.8) is 0 Å². The van der Waals surface area contributed by atoms with Crippen molar-refractivity contribution in [2.45, 2.75) is 52.4 Å². The first-order chi connectivity index (χ1) is 8.07. The third kappa shape index (κ3) is 3.25. The van der Waals surface area contributed by atoms with Crippen LogP contribution < -0.4 is 5.73 Å². The van der Waals surface area contributed by atoms with E-state index >= 15 is 0 Å². The van der Waals surface area contributed by atoms with E-state index in [1.807, 2.05) is 27.7 Å². The normalized spacial score (nSPS) is 16.7. The zero-order valence-electron chi connectivity index (χ0n) is 11.1. The summed E-state index contributed by atoms with van der Waals surface area (Å²) in [6, 6.07) is 0.491. The number of nitrogens with zero attached hydrogens (tertiary/aromatic N) is 2.